The summed E-state index contributed by atoms with van der Waals surface area (Å²) in [5.74, 6) is 1.70. The zero-order valence-corrected chi connectivity index (χ0v) is 15.2. The van der Waals surface area contributed by atoms with Crippen LogP contribution < -0.4 is 16.0 Å². The molecule has 1 saturated carbocycles. The van der Waals surface area contributed by atoms with Crippen molar-refractivity contribution < 1.29 is 0 Å². The standard InChI is InChI=1S/C19H32N4/c1-6-20-18(22-17-12-14(17)2)21-13-19(4,5)23-15(3)16-10-8-7-9-11-16/h7-11,14-15,17,23H,6,12-13H2,1-5H3,(H2,20,21,22). The predicted molar refractivity (Wildman–Crippen MR) is 98.8 cm³/mol. The van der Waals surface area contributed by atoms with Crippen molar-refractivity contribution in [3.63, 3.8) is 0 Å². The molecule has 0 amide bonds. The SMILES string of the molecule is CCNC(=NCC(C)(C)NC(C)c1ccccc1)NC1CC1C. The van der Waals surface area contributed by atoms with Crippen molar-refractivity contribution in [2.75, 3.05) is 13.1 Å². The summed E-state index contributed by atoms with van der Waals surface area (Å²) in [5, 5.41) is 10.5. The molecule has 1 aromatic rings. The Kier molecular flexibility index (Phi) is 6.05. The topological polar surface area (TPSA) is 48.5 Å². The highest BCUT2D eigenvalue weighted by atomic mass is 15.2. The summed E-state index contributed by atoms with van der Waals surface area (Å²) in [6, 6.07) is 11.4. The lowest BCUT2D eigenvalue weighted by Gasteiger charge is -2.29. The molecule has 3 atom stereocenters. The predicted octanol–water partition coefficient (Wildman–Crippen LogP) is 3.08. The van der Waals surface area contributed by atoms with Gasteiger partial charge in [0.05, 0.1) is 6.54 Å². The Labute approximate surface area is 141 Å². The Morgan fingerprint density at radius 2 is 1.96 bits per heavy atom. The number of aliphatic imine (C=N–C) groups is 1. The Morgan fingerprint density at radius 3 is 2.52 bits per heavy atom. The number of nitrogens with zero attached hydrogens (tertiary/aromatic N) is 1. The number of benzene rings is 1. The summed E-state index contributed by atoms with van der Waals surface area (Å²) >= 11 is 0. The minimum absolute atomic E-state index is 0.0627. The largest absolute Gasteiger partial charge is 0.357 e. The molecule has 1 fully saturated rings. The highest BCUT2D eigenvalue weighted by Crippen LogP contribution is 2.28. The maximum atomic E-state index is 4.78. The first-order valence-electron chi connectivity index (χ1n) is 8.79. The van der Waals surface area contributed by atoms with Gasteiger partial charge in [-0.3, -0.25) is 4.99 Å². The molecule has 3 unspecified atom stereocenters. The van der Waals surface area contributed by atoms with E-state index in [0.717, 1.165) is 25.0 Å². The van der Waals surface area contributed by atoms with Crippen LogP contribution in [0.3, 0.4) is 0 Å². The highest BCUT2D eigenvalue weighted by Gasteiger charge is 2.33. The van der Waals surface area contributed by atoms with E-state index in [1.54, 1.807) is 0 Å². The molecule has 23 heavy (non-hydrogen) atoms. The zero-order chi connectivity index (χ0) is 16.9. The first kappa shape index (κ1) is 17.8. The number of rotatable bonds is 7. The van der Waals surface area contributed by atoms with Crippen molar-refractivity contribution >= 4 is 5.96 Å². The molecule has 1 aliphatic rings. The lowest BCUT2D eigenvalue weighted by atomic mass is 10.0. The molecule has 3 N–H and O–H groups in total. The van der Waals surface area contributed by atoms with Gasteiger partial charge in [0, 0.05) is 24.2 Å². The van der Waals surface area contributed by atoms with E-state index < -0.39 is 0 Å². The van der Waals surface area contributed by atoms with Crippen LogP contribution in [0.1, 0.15) is 52.6 Å². The lowest BCUT2D eigenvalue weighted by Crippen LogP contribution is -2.45. The van der Waals surface area contributed by atoms with Crippen LogP contribution in [0.2, 0.25) is 0 Å². The fraction of sp³-hybridized carbons (Fsp3) is 0.632. The van der Waals surface area contributed by atoms with Gasteiger partial charge in [0.25, 0.3) is 0 Å². The average molecular weight is 316 g/mol. The van der Waals surface area contributed by atoms with Gasteiger partial charge in [-0.2, -0.15) is 0 Å². The van der Waals surface area contributed by atoms with Gasteiger partial charge < -0.3 is 16.0 Å². The molecule has 0 bridgehead atoms. The van der Waals surface area contributed by atoms with Crippen LogP contribution in [0.4, 0.5) is 0 Å². The van der Waals surface area contributed by atoms with Crippen molar-refractivity contribution in [1.29, 1.82) is 0 Å². The van der Waals surface area contributed by atoms with E-state index in [9.17, 15) is 0 Å². The van der Waals surface area contributed by atoms with E-state index in [4.69, 9.17) is 4.99 Å². The minimum atomic E-state index is -0.0627. The van der Waals surface area contributed by atoms with Crippen molar-refractivity contribution in [2.45, 2.75) is 58.7 Å². The maximum absolute atomic E-state index is 4.78. The molecule has 0 saturated heterocycles. The summed E-state index contributed by atoms with van der Waals surface area (Å²) in [7, 11) is 0. The van der Waals surface area contributed by atoms with Crippen LogP contribution in [0.25, 0.3) is 0 Å². The van der Waals surface area contributed by atoms with Gasteiger partial charge in [-0.25, -0.2) is 0 Å². The Bertz CT molecular complexity index is 509. The molecule has 0 spiro atoms. The summed E-state index contributed by atoms with van der Waals surface area (Å²) in [4.78, 5) is 4.78. The molecule has 128 valence electrons. The van der Waals surface area contributed by atoms with E-state index >= 15 is 0 Å². The van der Waals surface area contributed by atoms with Crippen LogP contribution >= 0.6 is 0 Å². The molecule has 0 aliphatic heterocycles. The Morgan fingerprint density at radius 1 is 1.30 bits per heavy atom. The molecule has 1 aromatic carbocycles. The molecule has 0 aromatic heterocycles. The Balaban J connectivity index is 1.91. The van der Waals surface area contributed by atoms with Gasteiger partial charge >= 0.3 is 0 Å². The second kappa shape index (κ2) is 7.82. The van der Waals surface area contributed by atoms with Gasteiger partial charge in [-0.05, 0) is 45.6 Å². The highest BCUT2D eigenvalue weighted by molar-refractivity contribution is 5.80. The summed E-state index contributed by atoms with van der Waals surface area (Å²) in [6.45, 7) is 12.6. The second-order valence-electron chi connectivity index (χ2n) is 7.32. The van der Waals surface area contributed by atoms with Crippen LogP contribution in [-0.4, -0.2) is 30.6 Å². The second-order valence-corrected chi connectivity index (χ2v) is 7.32. The first-order valence-corrected chi connectivity index (χ1v) is 8.79. The molecular formula is C19H32N4. The molecule has 0 radical (unpaired) electrons. The summed E-state index contributed by atoms with van der Waals surface area (Å²) in [6.07, 6.45) is 1.25. The molecule has 4 nitrogen and oxygen atoms in total. The number of guanidine groups is 1. The minimum Gasteiger partial charge on any atom is -0.357 e. The Hall–Kier alpha value is -1.55. The third-order valence-electron chi connectivity index (χ3n) is 4.32. The molecule has 1 aliphatic carbocycles. The van der Waals surface area contributed by atoms with Crippen LogP contribution in [0, 0.1) is 5.92 Å². The quantitative estimate of drug-likeness (QED) is 0.535. The lowest BCUT2D eigenvalue weighted by molar-refractivity contribution is 0.356. The molecule has 2 rings (SSSR count). The van der Waals surface area contributed by atoms with Crippen molar-refractivity contribution in [1.82, 2.24) is 16.0 Å². The zero-order valence-electron chi connectivity index (χ0n) is 15.2. The fourth-order valence-electron chi connectivity index (χ4n) is 2.75. The van der Waals surface area contributed by atoms with E-state index in [1.807, 2.05) is 0 Å². The normalized spacial score (nSPS) is 22.6. The monoisotopic (exact) mass is 316 g/mol. The van der Waals surface area contributed by atoms with Crippen LogP contribution in [0.15, 0.2) is 35.3 Å². The summed E-state index contributed by atoms with van der Waals surface area (Å²) in [5.41, 5.74) is 1.24. The van der Waals surface area contributed by atoms with Crippen LogP contribution in [0.5, 0.6) is 0 Å². The third kappa shape index (κ3) is 5.87. The van der Waals surface area contributed by atoms with Crippen molar-refractivity contribution in [3.8, 4) is 0 Å². The van der Waals surface area contributed by atoms with Crippen LogP contribution in [-0.2, 0) is 0 Å². The van der Waals surface area contributed by atoms with Gasteiger partial charge in [0.15, 0.2) is 5.96 Å². The van der Waals surface area contributed by atoms with E-state index in [1.165, 1.54) is 12.0 Å². The number of hydrogen-bond acceptors (Lipinski definition) is 2. The van der Waals surface area contributed by atoms with E-state index in [0.29, 0.717) is 12.1 Å². The molecule has 4 heteroatoms. The van der Waals surface area contributed by atoms with Gasteiger partial charge in [-0.1, -0.05) is 37.3 Å². The third-order valence-corrected chi connectivity index (χ3v) is 4.32. The van der Waals surface area contributed by atoms with Crippen molar-refractivity contribution in [2.24, 2.45) is 10.9 Å². The van der Waals surface area contributed by atoms with E-state index in [-0.39, 0.29) is 5.54 Å². The first-order chi connectivity index (χ1) is 10.9. The number of hydrogen-bond donors (Lipinski definition) is 3. The van der Waals surface area contributed by atoms with Crippen molar-refractivity contribution in [3.05, 3.63) is 35.9 Å². The summed E-state index contributed by atoms with van der Waals surface area (Å²) < 4.78 is 0. The maximum Gasteiger partial charge on any atom is 0.191 e. The van der Waals surface area contributed by atoms with Gasteiger partial charge in [0.2, 0.25) is 0 Å². The molecule has 0 heterocycles. The van der Waals surface area contributed by atoms with E-state index in [2.05, 4.69) is 80.9 Å². The van der Waals surface area contributed by atoms with Gasteiger partial charge in [-0.15, -0.1) is 0 Å². The average Bonchev–Trinajstić information content (AvgIpc) is 3.21. The van der Waals surface area contributed by atoms with Gasteiger partial charge in [0.1, 0.15) is 0 Å². The smallest absolute Gasteiger partial charge is 0.191 e. The fourth-order valence-corrected chi connectivity index (χ4v) is 2.75. The molecular weight excluding hydrogens is 284 g/mol. The number of nitrogens with one attached hydrogen (secondary N) is 3.